The zero-order valence-electron chi connectivity index (χ0n) is 12.1. The SMILES string of the molecule is NC(=O)CN(c1ccccc1F)S(=O)(=O)c1cccc([N+](=O)[O-])c1. The number of hydrogen-bond acceptors (Lipinski definition) is 5. The van der Waals surface area contributed by atoms with Crippen LogP contribution < -0.4 is 10.0 Å². The molecule has 0 fully saturated rings. The minimum atomic E-state index is -4.44. The molecule has 8 nitrogen and oxygen atoms in total. The highest BCUT2D eigenvalue weighted by Gasteiger charge is 2.29. The number of carbonyl (C=O) groups is 1. The standard InChI is InChI=1S/C14H12FN3O5S/c15-12-6-1-2-7-13(12)17(9-14(16)19)24(22,23)11-5-3-4-10(8-11)18(20)21/h1-8H,9H2,(H2,16,19). The number of benzene rings is 2. The molecule has 0 aliphatic heterocycles. The van der Waals surface area contributed by atoms with Crippen molar-refractivity contribution in [3.8, 4) is 0 Å². The Morgan fingerprint density at radius 3 is 2.46 bits per heavy atom. The lowest BCUT2D eigenvalue weighted by Crippen LogP contribution is -2.39. The molecular weight excluding hydrogens is 341 g/mol. The van der Waals surface area contributed by atoms with Crippen molar-refractivity contribution in [2.75, 3.05) is 10.8 Å². The van der Waals surface area contributed by atoms with Gasteiger partial charge in [-0.15, -0.1) is 0 Å². The maximum absolute atomic E-state index is 14.0. The molecule has 0 aliphatic carbocycles. The summed E-state index contributed by atoms with van der Waals surface area (Å²) >= 11 is 0. The summed E-state index contributed by atoms with van der Waals surface area (Å²) in [6.07, 6.45) is 0. The van der Waals surface area contributed by atoms with Gasteiger partial charge in [-0.2, -0.15) is 0 Å². The van der Waals surface area contributed by atoms with E-state index in [1.54, 1.807) is 0 Å². The number of amides is 1. The molecule has 2 aromatic carbocycles. The Morgan fingerprint density at radius 2 is 1.88 bits per heavy atom. The molecule has 0 radical (unpaired) electrons. The lowest BCUT2D eigenvalue weighted by Gasteiger charge is -2.23. The van der Waals surface area contributed by atoms with Gasteiger partial charge in [-0.3, -0.25) is 19.2 Å². The smallest absolute Gasteiger partial charge is 0.270 e. The van der Waals surface area contributed by atoms with Crippen molar-refractivity contribution < 1.29 is 22.5 Å². The van der Waals surface area contributed by atoms with Gasteiger partial charge in [-0.05, 0) is 18.2 Å². The van der Waals surface area contributed by atoms with Crippen LogP contribution in [-0.4, -0.2) is 25.8 Å². The fourth-order valence-electron chi connectivity index (χ4n) is 1.98. The maximum Gasteiger partial charge on any atom is 0.270 e. The van der Waals surface area contributed by atoms with Crippen LogP contribution in [0.25, 0.3) is 0 Å². The van der Waals surface area contributed by atoms with E-state index in [0.717, 1.165) is 30.3 Å². The molecule has 0 heterocycles. The second kappa shape index (κ2) is 6.62. The van der Waals surface area contributed by atoms with Gasteiger partial charge in [0.1, 0.15) is 12.4 Å². The first-order chi connectivity index (χ1) is 11.2. The first-order valence-electron chi connectivity index (χ1n) is 6.53. The number of carbonyl (C=O) groups excluding carboxylic acids is 1. The first kappa shape index (κ1) is 17.3. The number of sulfonamides is 1. The number of non-ortho nitro benzene ring substituents is 1. The number of nitrogens with two attached hydrogens (primary N) is 1. The summed E-state index contributed by atoms with van der Waals surface area (Å²) in [6.45, 7) is -0.814. The number of hydrogen-bond donors (Lipinski definition) is 1. The number of primary amides is 1. The van der Waals surface area contributed by atoms with E-state index in [2.05, 4.69) is 0 Å². The Balaban J connectivity index is 2.60. The Labute approximate surface area is 136 Å². The minimum Gasteiger partial charge on any atom is -0.368 e. The molecule has 10 heteroatoms. The van der Waals surface area contributed by atoms with Crippen LogP contribution in [0.2, 0.25) is 0 Å². The monoisotopic (exact) mass is 353 g/mol. The van der Waals surface area contributed by atoms with E-state index < -0.39 is 43.8 Å². The van der Waals surface area contributed by atoms with E-state index in [-0.39, 0.29) is 5.69 Å². The van der Waals surface area contributed by atoms with Crippen LogP contribution in [0.4, 0.5) is 15.8 Å². The molecule has 0 saturated carbocycles. The van der Waals surface area contributed by atoms with Crippen molar-refractivity contribution in [1.82, 2.24) is 0 Å². The van der Waals surface area contributed by atoms with Gasteiger partial charge in [0.25, 0.3) is 15.7 Å². The van der Waals surface area contributed by atoms with Crippen LogP contribution in [-0.2, 0) is 14.8 Å². The molecule has 0 bridgehead atoms. The predicted octanol–water partition coefficient (Wildman–Crippen LogP) is 1.41. The van der Waals surface area contributed by atoms with Gasteiger partial charge in [0, 0.05) is 12.1 Å². The van der Waals surface area contributed by atoms with Crippen LogP contribution in [0.5, 0.6) is 0 Å². The molecule has 2 aromatic rings. The number of halogens is 1. The Morgan fingerprint density at radius 1 is 1.21 bits per heavy atom. The van der Waals surface area contributed by atoms with Crippen LogP contribution in [0, 0.1) is 15.9 Å². The van der Waals surface area contributed by atoms with E-state index in [1.807, 2.05) is 0 Å². The topological polar surface area (TPSA) is 124 Å². The number of nitro groups is 1. The molecule has 2 N–H and O–H groups in total. The number of anilines is 1. The van der Waals surface area contributed by atoms with Crippen molar-refractivity contribution in [3.05, 3.63) is 64.5 Å². The maximum atomic E-state index is 14.0. The lowest BCUT2D eigenvalue weighted by atomic mass is 10.3. The molecular formula is C14H12FN3O5S. The largest absolute Gasteiger partial charge is 0.368 e. The van der Waals surface area contributed by atoms with Gasteiger partial charge in [-0.1, -0.05) is 18.2 Å². The van der Waals surface area contributed by atoms with Crippen molar-refractivity contribution in [1.29, 1.82) is 0 Å². The second-order valence-electron chi connectivity index (χ2n) is 4.68. The molecule has 1 amide bonds. The fourth-order valence-corrected chi connectivity index (χ4v) is 3.46. The highest BCUT2D eigenvalue weighted by Crippen LogP contribution is 2.27. The van der Waals surface area contributed by atoms with Gasteiger partial charge >= 0.3 is 0 Å². The molecule has 0 atom stereocenters. The fraction of sp³-hybridized carbons (Fsp3) is 0.0714. The summed E-state index contributed by atoms with van der Waals surface area (Å²) in [6, 6.07) is 9.13. The number of para-hydroxylation sites is 1. The minimum absolute atomic E-state index is 0.386. The third-order valence-electron chi connectivity index (χ3n) is 3.04. The van der Waals surface area contributed by atoms with Gasteiger partial charge < -0.3 is 5.73 Å². The molecule has 0 spiro atoms. The van der Waals surface area contributed by atoms with Crippen LogP contribution in [0.3, 0.4) is 0 Å². The molecule has 0 unspecified atom stereocenters. The Kier molecular flexibility index (Phi) is 4.79. The van der Waals surface area contributed by atoms with Crippen molar-refractivity contribution in [2.45, 2.75) is 4.90 Å². The zero-order valence-corrected chi connectivity index (χ0v) is 12.9. The molecule has 0 saturated heterocycles. The average molecular weight is 353 g/mol. The second-order valence-corrected chi connectivity index (χ2v) is 6.55. The van der Waals surface area contributed by atoms with Gasteiger partial charge in [0.15, 0.2) is 0 Å². The van der Waals surface area contributed by atoms with Crippen molar-refractivity contribution in [2.24, 2.45) is 5.73 Å². The zero-order chi connectivity index (χ0) is 17.9. The third-order valence-corrected chi connectivity index (χ3v) is 4.79. The van der Waals surface area contributed by atoms with Crippen LogP contribution >= 0.6 is 0 Å². The van der Waals surface area contributed by atoms with Gasteiger partial charge in [0.05, 0.1) is 15.5 Å². The van der Waals surface area contributed by atoms with Gasteiger partial charge in [0.2, 0.25) is 5.91 Å². The highest BCUT2D eigenvalue weighted by atomic mass is 32.2. The Bertz CT molecular complexity index is 901. The van der Waals surface area contributed by atoms with Gasteiger partial charge in [-0.25, -0.2) is 12.8 Å². The summed E-state index contributed by atoms with van der Waals surface area (Å²) in [5, 5.41) is 10.8. The first-order valence-corrected chi connectivity index (χ1v) is 7.97. The lowest BCUT2D eigenvalue weighted by molar-refractivity contribution is -0.385. The van der Waals surface area contributed by atoms with E-state index in [0.29, 0.717) is 4.31 Å². The summed E-state index contributed by atoms with van der Waals surface area (Å²) in [4.78, 5) is 20.8. The Hall–Kier alpha value is -3.01. The summed E-state index contributed by atoms with van der Waals surface area (Å²) in [7, 11) is -4.44. The molecule has 24 heavy (non-hydrogen) atoms. The summed E-state index contributed by atoms with van der Waals surface area (Å²) in [5.74, 6) is -1.89. The summed E-state index contributed by atoms with van der Waals surface area (Å²) in [5.41, 5.74) is 4.22. The number of rotatable bonds is 6. The van der Waals surface area contributed by atoms with E-state index in [1.165, 1.54) is 18.2 Å². The van der Waals surface area contributed by atoms with Crippen molar-refractivity contribution in [3.63, 3.8) is 0 Å². The number of nitro benzene ring substituents is 1. The average Bonchev–Trinajstić information content (AvgIpc) is 2.53. The third kappa shape index (κ3) is 3.49. The quantitative estimate of drug-likeness (QED) is 0.621. The van der Waals surface area contributed by atoms with E-state index >= 15 is 0 Å². The highest BCUT2D eigenvalue weighted by molar-refractivity contribution is 7.92. The molecule has 2 rings (SSSR count). The predicted molar refractivity (Wildman–Crippen MR) is 83.2 cm³/mol. The summed E-state index contributed by atoms with van der Waals surface area (Å²) < 4.78 is 39.9. The van der Waals surface area contributed by atoms with Crippen LogP contribution in [0.1, 0.15) is 0 Å². The molecule has 0 aliphatic rings. The van der Waals surface area contributed by atoms with Crippen molar-refractivity contribution >= 4 is 27.3 Å². The van der Waals surface area contributed by atoms with E-state index in [4.69, 9.17) is 5.73 Å². The number of nitrogens with zero attached hydrogens (tertiary/aromatic N) is 2. The normalized spacial score (nSPS) is 11.0. The molecule has 126 valence electrons. The van der Waals surface area contributed by atoms with E-state index in [9.17, 15) is 27.7 Å². The molecule has 0 aromatic heterocycles. The van der Waals surface area contributed by atoms with Crippen LogP contribution in [0.15, 0.2) is 53.4 Å².